The molecule has 0 aromatic heterocycles. The highest BCUT2D eigenvalue weighted by Crippen LogP contribution is 2.07. The molecule has 0 bridgehead atoms. The van der Waals surface area contributed by atoms with E-state index in [2.05, 4.69) is 10.6 Å². The van der Waals surface area contributed by atoms with Gasteiger partial charge in [0, 0.05) is 19.5 Å². The SMILES string of the molecule is CCNC(=O)CCOCC1CCNC1. The van der Waals surface area contributed by atoms with Gasteiger partial charge in [0.05, 0.1) is 13.2 Å². The molecule has 4 heteroatoms. The van der Waals surface area contributed by atoms with Crippen molar-refractivity contribution < 1.29 is 9.53 Å². The molecule has 14 heavy (non-hydrogen) atoms. The Bertz CT molecular complexity index is 168. The summed E-state index contributed by atoms with van der Waals surface area (Å²) in [4.78, 5) is 11.0. The van der Waals surface area contributed by atoms with Gasteiger partial charge in [-0.25, -0.2) is 0 Å². The predicted molar refractivity (Wildman–Crippen MR) is 55.1 cm³/mol. The third kappa shape index (κ3) is 4.58. The Balaban J connectivity index is 1.90. The first-order valence-corrected chi connectivity index (χ1v) is 5.38. The van der Waals surface area contributed by atoms with E-state index in [-0.39, 0.29) is 5.91 Å². The van der Waals surface area contributed by atoms with Gasteiger partial charge < -0.3 is 15.4 Å². The molecular formula is C10H20N2O2. The number of ether oxygens (including phenoxy) is 1. The number of amides is 1. The van der Waals surface area contributed by atoms with Crippen LogP contribution in [0.5, 0.6) is 0 Å². The summed E-state index contributed by atoms with van der Waals surface area (Å²) in [5.41, 5.74) is 0. The van der Waals surface area contributed by atoms with Crippen LogP contribution in [0.2, 0.25) is 0 Å². The Labute approximate surface area is 85.4 Å². The zero-order valence-electron chi connectivity index (χ0n) is 8.84. The molecule has 1 heterocycles. The molecular weight excluding hydrogens is 180 g/mol. The van der Waals surface area contributed by atoms with Crippen molar-refractivity contribution >= 4 is 5.91 Å². The van der Waals surface area contributed by atoms with Crippen molar-refractivity contribution in [2.75, 3.05) is 32.8 Å². The fraction of sp³-hybridized carbons (Fsp3) is 0.900. The molecule has 1 rings (SSSR count). The number of carbonyl (C=O) groups is 1. The largest absolute Gasteiger partial charge is 0.381 e. The summed E-state index contributed by atoms with van der Waals surface area (Å²) in [5.74, 6) is 0.723. The van der Waals surface area contributed by atoms with Crippen LogP contribution >= 0.6 is 0 Å². The molecule has 1 amide bonds. The minimum absolute atomic E-state index is 0.0806. The van der Waals surface area contributed by atoms with E-state index in [0.29, 0.717) is 25.5 Å². The third-order valence-corrected chi connectivity index (χ3v) is 2.36. The van der Waals surface area contributed by atoms with Gasteiger partial charge in [-0.3, -0.25) is 4.79 Å². The van der Waals surface area contributed by atoms with Crippen LogP contribution in [0.25, 0.3) is 0 Å². The average Bonchev–Trinajstić information content (AvgIpc) is 2.65. The topological polar surface area (TPSA) is 50.4 Å². The van der Waals surface area contributed by atoms with E-state index in [1.807, 2.05) is 6.92 Å². The van der Waals surface area contributed by atoms with Crippen LogP contribution in [0, 0.1) is 5.92 Å². The van der Waals surface area contributed by atoms with Gasteiger partial charge in [0.1, 0.15) is 0 Å². The Morgan fingerprint density at radius 1 is 1.64 bits per heavy atom. The Hall–Kier alpha value is -0.610. The third-order valence-electron chi connectivity index (χ3n) is 2.36. The number of hydrogen-bond acceptors (Lipinski definition) is 3. The van der Waals surface area contributed by atoms with E-state index in [1.165, 1.54) is 6.42 Å². The first-order chi connectivity index (χ1) is 6.83. The van der Waals surface area contributed by atoms with Crippen molar-refractivity contribution in [2.45, 2.75) is 19.8 Å². The quantitative estimate of drug-likeness (QED) is 0.600. The Kier molecular flexibility index (Phi) is 5.56. The molecule has 1 aliphatic rings. The van der Waals surface area contributed by atoms with Gasteiger partial charge in [-0.05, 0) is 25.8 Å². The lowest BCUT2D eigenvalue weighted by Gasteiger charge is -2.08. The zero-order chi connectivity index (χ0) is 10.2. The van der Waals surface area contributed by atoms with Crippen molar-refractivity contribution in [2.24, 2.45) is 5.92 Å². The van der Waals surface area contributed by atoms with E-state index in [0.717, 1.165) is 19.7 Å². The zero-order valence-corrected chi connectivity index (χ0v) is 8.84. The molecule has 4 nitrogen and oxygen atoms in total. The van der Waals surface area contributed by atoms with Crippen molar-refractivity contribution in [3.05, 3.63) is 0 Å². The molecule has 1 atom stereocenters. The van der Waals surface area contributed by atoms with Crippen LogP contribution in [-0.2, 0) is 9.53 Å². The maximum Gasteiger partial charge on any atom is 0.222 e. The molecule has 0 aromatic rings. The van der Waals surface area contributed by atoms with E-state index in [1.54, 1.807) is 0 Å². The summed E-state index contributed by atoms with van der Waals surface area (Å²) in [7, 11) is 0. The highest BCUT2D eigenvalue weighted by Gasteiger charge is 2.14. The van der Waals surface area contributed by atoms with Crippen molar-refractivity contribution in [3.8, 4) is 0 Å². The van der Waals surface area contributed by atoms with Crippen LogP contribution in [0.15, 0.2) is 0 Å². The van der Waals surface area contributed by atoms with Crippen molar-refractivity contribution in [1.82, 2.24) is 10.6 Å². The van der Waals surface area contributed by atoms with Gasteiger partial charge in [-0.1, -0.05) is 0 Å². The maximum absolute atomic E-state index is 11.0. The number of carbonyl (C=O) groups excluding carboxylic acids is 1. The second kappa shape index (κ2) is 6.79. The van der Waals surface area contributed by atoms with Gasteiger partial charge in [-0.15, -0.1) is 0 Å². The summed E-state index contributed by atoms with van der Waals surface area (Å²) in [6.07, 6.45) is 1.68. The average molecular weight is 200 g/mol. The highest BCUT2D eigenvalue weighted by atomic mass is 16.5. The van der Waals surface area contributed by atoms with Gasteiger partial charge in [0.25, 0.3) is 0 Å². The fourth-order valence-corrected chi connectivity index (χ4v) is 1.56. The van der Waals surface area contributed by atoms with Crippen LogP contribution < -0.4 is 10.6 Å². The normalized spacial score (nSPS) is 21.1. The van der Waals surface area contributed by atoms with Crippen LogP contribution in [0.3, 0.4) is 0 Å². The van der Waals surface area contributed by atoms with Gasteiger partial charge >= 0.3 is 0 Å². The Morgan fingerprint density at radius 2 is 2.50 bits per heavy atom. The summed E-state index contributed by atoms with van der Waals surface area (Å²) in [5, 5.41) is 6.03. The van der Waals surface area contributed by atoms with Gasteiger partial charge in [0.15, 0.2) is 0 Å². The van der Waals surface area contributed by atoms with Gasteiger partial charge in [-0.2, -0.15) is 0 Å². The van der Waals surface area contributed by atoms with Crippen molar-refractivity contribution in [3.63, 3.8) is 0 Å². The first-order valence-electron chi connectivity index (χ1n) is 5.38. The molecule has 1 aliphatic heterocycles. The molecule has 0 saturated carbocycles. The molecule has 0 aliphatic carbocycles. The van der Waals surface area contributed by atoms with Crippen LogP contribution in [0.1, 0.15) is 19.8 Å². The number of rotatable bonds is 6. The van der Waals surface area contributed by atoms with E-state index >= 15 is 0 Å². The summed E-state index contributed by atoms with van der Waals surface area (Å²) in [6.45, 7) is 6.11. The van der Waals surface area contributed by atoms with Crippen LogP contribution in [-0.4, -0.2) is 38.8 Å². The van der Waals surface area contributed by atoms with E-state index in [4.69, 9.17) is 4.74 Å². The highest BCUT2D eigenvalue weighted by molar-refractivity contribution is 5.75. The summed E-state index contributed by atoms with van der Waals surface area (Å²) >= 11 is 0. The summed E-state index contributed by atoms with van der Waals surface area (Å²) < 4.78 is 5.43. The smallest absolute Gasteiger partial charge is 0.222 e. The maximum atomic E-state index is 11.0. The lowest BCUT2D eigenvalue weighted by Crippen LogP contribution is -2.24. The number of nitrogens with one attached hydrogen (secondary N) is 2. The predicted octanol–water partition coefficient (Wildman–Crippen LogP) is 0.139. The monoisotopic (exact) mass is 200 g/mol. The number of hydrogen-bond donors (Lipinski definition) is 2. The standard InChI is InChI=1S/C10H20N2O2/c1-2-12-10(13)4-6-14-8-9-3-5-11-7-9/h9,11H,2-8H2,1H3,(H,12,13). The second-order valence-electron chi connectivity index (χ2n) is 3.64. The lowest BCUT2D eigenvalue weighted by atomic mass is 10.1. The molecule has 0 aromatic carbocycles. The fourth-order valence-electron chi connectivity index (χ4n) is 1.56. The molecule has 0 radical (unpaired) electrons. The van der Waals surface area contributed by atoms with E-state index < -0.39 is 0 Å². The molecule has 1 unspecified atom stereocenters. The minimum atomic E-state index is 0.0806. The van der Waals surface area contributed by atoms with Crippen LogP contribution in [0.4, 0.5) is 0 Å². The first kappa shape index (κ1) is 11.5. The van der Waals surface area contributed by atoms with Crippen molar-refractivity contribution in [1.29, 1.82) is 0 Å². The second-order valence-corrected chi connectivity index (χ2v) is 3.64. The molecule has 1 fully saturated rings. The molecule has 82 valence electrons. The lowest BCUT2D eigenvalue weighted by molar-refractivity contribution is -0.122. The van der Waals surface area contributed by atoms with E-state index in [9.17, 15) is 4.79 Å². The molecule has 2 N–H and O–H groups in total. The summed E-state index contributed by atoms with van der Waals surface area (Å²) in [6, 6.07) is 0. The minimum Gasteiger partial charge on any atom is -0.381 e. The Morgan fingerprint density at radius 3 is 3.14 bits per heavy atom. The molecule has 1 saturated heterocycles. The van der Waals surface area contributed by atoms with Gasteiger partial charge in [0.2, 0.25) is 5.91 Å². The molecule has 0 spiro atoms.